The molecule has 0 saturated carbocycles. The Morgan fingerprint density at radius 2 is 1.75 bits per heavy atom. The molecule has 0 unspecified atom stereocenters. The summed E-state index contributed by atoms with van der Waals surface area (Å²) in [4.78, 5) is 24.5. The molecule has 0 aliphatic carbocycles. The van der Waals surface area contributed by atoms with Crippen LogP contribution >= 0.6 is 11.6 Å². The molecule has 0 bridgehead atoms. The van der Waals surface area contributed by atoms with Crippen molar-refractivity contribution in [2.45, 2.75) is 59.4 Å². The van der Waals surface area contributed by atoms with Crippen LogP contribution in [0.3, 0.4) is 0 Å². The highest BCUT2D eigenvalue weighted by Gasteiger charge is 2.21. The van der Waals surface area contributed by atoms with Gasteiger partial charge >= 0.3 is 5.97 Å². The Labute approximate surface area is 171 Å². The summed E-state index contributed by atoms with van der Waals surface area (Å²) >= 11 is 6.24. The number of hydrogen-bond acceptors (Lipinski definition) is 4. The predicted octanol–water partition coefficient (Wildman–Crippen LogP) is 4.71. The van der Waals surface area contributed by atoms with Gasteiger partial charge in [-0.05, 0) is 51.0 Å². The largest absolute Gasteiger partial charge is 0.461 e. The molecule has 7 heteroatoms. The normalized spacial score (nSPS) is 10.9. The third-order valence-electron chi connectivity index (χ3n) is 4.50. The lowest BCUT2D eigenvalue weighted by Crippen LogP contribution is -2.34. The van der Waals surface area contributed by atoms with Crippen LogP contribution in [-0.4, -0.2) is 34.3 Å². The van der Waals surface area contributed by atoms with E-state index >= 15 is 0 Å². The highest BCUT2D eigenvalue weighted by atomic mass is 35.5. The number of hydrogen-bond donors (Lipinski definition) is 1. The molecule has 1 heterocycles. The summed E-state index contributed by atoms with van der Waals surface area (Å²) < 4.78 is 6.56. The summed E-state index contributed by atoms with van der Waals surface area (Å²) in [5, 5.41) is 7.65. The Morgan fingerprint density at radius 1 is 1.14 bits per heavy atom. The van der Waals surface area contributed by atoms with E-state index in [1.807, 2.05) is 0 Å². The monoisotopic (exact) mass is 405 g/mol. The highest BCUT2D eigenvalue weighted by Crippen LogP contribution is 2.24. The van der Waals surface area contributed by atoms with Gasteiger partial charge in [0.15, 0.2) is 5.69 Å². The van der Waals surface area contributed by atoms with Gasteiger partial charge in [0.25, 0.3) is 5.91 Å². The molecule has 152 valence electrons. The van der Waals surface area contributed by atoms with Crippen molar-refractivity contribution in [1.29, 1.82) is 0 Å². The Hall–Kier alpha value is -2.34. The molecular formula is C21H28ClN3O3. The zero-order chi connectivity index (χ0) is 20.7. The number of nitrogens with one attached hydrogen (secondary N) is 1. The molecule has 2 rings (SSSR count). The van der Waals surface area contributed by atoms with Gasteiger partial charge in [-0.25, -0.2) is 9.48 Å². The lowest BCUT2D eigenvalue weighted by molar-refractivity contribution is 0.0519. The number of carbonyl (C=O) groups is 2. The van der Waals surface area contributed by atoms with Crippen LogP contribution in [0.4, 0.5) is 0 Å². The van der Waals surface area contributed by atoms with Gasteiger partial charge < -0.3 is 10.1 Å². The van der Waals surface area contributed by atoms with Crippen LogP contribution in [0.25, 0.3) is 5.69 Å². The summed E-state index contributed by atoms with van der Waals surface area (Å²) in [6.07, 6.45) is 4.01. The van der Waals surface area contributed by atoms with Crippen LogP contribution in [0.1, 0.15) is 73.0 Å². The van der Waals surface area contributed by atoms with Crippen molar-refractivity contribution < 1.29 is 14.3 Å². The molecule has 28 heavy (non-hydrogen) atoms. The van der Waals surface area contributed by atoms with Crippen molar-refractivity contribution in [3.63, 3.8) is 0 Å². The number of halogens is 1. The summed E-state index contributed by atoms with van der Waals surface area (Å²) in [6.45, 7) is 7.99. The van der Waals surface area contributed by atoms with E-state index in [0.29, 0.717) is 16.9 Å². The van der Waals surface area contributed by atoms with E-state index in [0.717, 1.165) is 25.7 Å². The first-order chi connectivity index (χ1) is 13.4. The second-order valence-electron chi connectivity index (χ2n) is 6.67. The van der Waals surface area contributed by atoms with Crippen LogP contribution in [0, 0.1) is 6.92 Å². The van der Waals surface area contributed by atoms with Gasteiger partial charge in [-0.15, -0.1) is 0 Å². The van der Waals surface area contributed by atoms with Gasteiger partial charge in [-0.3, -0.25) is 4.79 Å². The molecule has 0 fully saturated rings. The Bertz CT molecular complexity index is 809. The molecule has 2 aromatic rings. The maximum Gasteiger partial charge on any atom is 0.360 e. The van der Waals surface area contributed by atoms with E-state index in [4.69, 9.17) is 16.3 Å². The molecule has 0 radical (unpaired) electrons. The number of carbonyl (C=O) groups excluding carboxylic acids is 2. The van der Waals surface area contributed by atoms with Crippen LogP contribution in [0.15, 0.2) is 24.3 Å². The molecule has 1 amide bonds. The molecule has 0 atom stereocenters. The van der Waals surface area contributed by atoms with Crippen LogP contribution < -0.4 is 5.32 Å². The second-order valence-corrected chi connectivity index (χ2v) is 7.05. The molecule has 0 aliphatic heterocycles. The third-order valence-corrected chi connectivity index (χ3v) is 4.95. The van der Waals surface area contributed by atoms with Crippen LogP contribution in [0.2, 0.25) is 5.02 Å². The average molecular weight is 406 g/mol. The Kier molecular flexibility index (Phi) is 8.05. The zero-order valence-electron chi connectivity index (χ0n) is 16.9. The SMILES string of the molecule is CCCC(CCC)NC(=O)c1ccc(-n2nc(C(=O)OCC)c(Cl)c2C)cc1. The van der Waals surface area contributed by atoms with Gasteiger partial charge in [-0.2, -0.15) is 5.10 Å². The molecule has 6 nitrogen and oxygen atoms in total. The first-order valence-electron chi connectivity index (χ1n) is 9.76. The van der Waals surface area contributed by atoms with E-state index < -0.39 is 5.97 Å². The minimum absolute atomic E-state index is 0.0825. The first-order valence-corrected chi connectivity index (χ1v) is 10.1. The number of benzene rings is 1. The van der Waals surface area contributed by atoms with Gasteiger partial charge in [0, 0.05) is 11.6 Å². The van der Waals surface area contributed by atoms with Crippen molar-refractivity contribution in [2.75, 3.05) is 6.61 Å². The lowest BCUT2D eigenvalue weighted by Gasteiger charge is -2.17. The molecule has 1 aromatic heterocycles. The van der Waals surface area contributed by atoms with Crippen LogP contribution in [0.5, 0.6) is 0 Å². The molecule has 0 aliphatic rings. The number of nitrogens with zero attached hydrogens (tertiary/aromatic N) is 2. The van der Waals surface area contributed by atoms with Gasteiger partial charge in [0.1, 0.15) is 0 Å². The molecule has 0 spiro atoms. The second kappa shape index (κ2) is 10.3. The van der Waals surface area contributed by atoms with Gasteiger partial charge in [0.05, 0.1) is 23.0 Å². The molecule has 1 N–H and O–H groups in total. The van der Waals surface area contributed by atoms with Gasteiger partial charge in [0.2, 0.25) is 0 Å². The van der Waals surface area contributed by atoms with Crippen molar-refractivity contribution >= 4 is 23.5 Å². The van der Waals surface area contributed by atoms with Gasteiger partial charge in [-0.1, -0.05) is 38.3 Å². The summed E-state index contributed by atoms with van der Waals surface area (Å²) in [5.41, 5.74) is 2.02. The first kappa shape index (κ1) is 22.0. The molecular weight excluding hydrogens is 378 g/mol. The number of aromatic nitrogens is 2. The predicted molar refractivity (Wildman–Crippen MR) is 110 cm³/mol. The van der Waals surface area contributed by atoms with Crippen molar-refractivity contribution in [1.82, 2.24) is 15.1 Å². The van der Waals surface area contributed by atoms with Crippen molar-refractivity contribution in [3.8, 4) is 5.69 Å². The van der Waals surface area contributed by atoms with E-state index in [2.05, 4.69) is 24.3 Å². The molecule has 0 saturated heterocycles. The lowest BCUT2D eigenvalue weighted by atomic mass is 10.1. The fraction of sp³-hybridized carbons (Fsp3) is 0.476. The quantitative estimate of drug-likeness (QED) is 0.613. The fourth-order valence-corrected chi connectivity index (χ4v) is 3.27. The number of rotatable bonds is 9. The van der Waals surface area contributed by atoms with E-state index in [1.165, 1.54) is 0 Å². The van der Waals surface area contributed by atoms with Crippen LogP contribution in [-0.2, 0) is 4.74 Å². The zero-order valence-corrected chi connectivity index (χ0v) is 17.7. The maximum absolute atomic E-state index is 12.5. The smallest absolute Gasteiger partial charge is 0.360 e. The highest BCUT2D eigenvalue weighted by molar-refractivity contribution is 6.34. The number of amides is 1. The maximum atomic E-state index is 12.5. The fourth-order valence-electron chi connectivity index (χ4n) is 3.07. The number of ether oxygens (including phenoxy) is 1. The van der Waals surface area contributed by atoms with Crippen molar-refractivity contribution in [3.05, 3.63) is 46.2 Å². The Balaban J connectivity index is 2.19. The van der Waals surface area contributed by atoms with Crippen molar-refractivity contribution in [2.24, 2.45) is 0 Å². The third kappa shape index (κ3) is 5.13. The van der Waals surface area contributed by atoms with E-state index in [9.17, 15) is 9.59 Å². The average Bonchev–Trinajstić information content (AvgIpc) is 2.98. The van der Waals surface area contributed by atoms with E-state index in [1.54, 1.807) is 42.8 Å². The standard InChI is InChI=1S/C21H28ClN3O3/c1-5-8-16(9-6-2)23-20(26)15-10-12-17(13-11-15)25-14(4)18(22)19(24-25)21(27)28-7-3/h10-13,16H,5-9H2,1-4H3,(H,23,26). The minimum atomic E-state index is -0.553. The summed E-state index contributed by atoms with van der Waals surface area (Å²) in [5.74, 6) is -0.635. The minimum Gasteiger partial charge on any atom is -0.461 e. The summed E-state index contributed by atoms with van der Waals surface area (Å²) in [7, 11) is 0. The van der Waals surface area contributed by atoms with E-state index in [-0.39, 0.29) is 29.3 Å². The topological polar surface area (TPSA) is 73.2 Å². The Morgan fingerprint density at radius 3 is 2.29 bits per heavy atom. The molecule has 1 aromatic carbocycles. The summed E-state index contributed by atoms with van der Waals surface area (Å²) in [6, 6.07) is 7.27. The number of esters is 1.